The summed E-state index contributed by atoms with van der Waals surface area (Å²) in [6.45, 7) is 3.96. The van der Waals surface area contributed by atoms with E-state index < -0.39 is 0 Å². The van der Waals surface area contributed by atoms with Crippen LogP contribution < -0.4 is 5.32 Å². The molecule has 1 heterocycles. The molecule has 1 N–H and O–H groups in total. The van der Waals surface area contributed by atoms with Crippen LogP contribution in [0.15, 0.2) is 36.4 Å². The van der Waals surface area contributed by atoms with E-state index >= 15 is 0 Å². The smallest absolute Gasteiger partial charge is 0.255 e. The molecule has 5 nitrogen and oxygen atoms in total. The summed E-state index contributed by atoms with van der Waals surface area (Å²) < 4.78 is 1.68. The minimum Gasteiger partial charge on any atom is -0.322 e. The second-order valence-electron chi connectivity index (χ2n) is 5.14. The van der Waals surface area contributed by atoms with Crippen LogP contribution in [0.2, 0.25) is 0 Å². The molecule has 1 aromatic heterocycles. The first-order valence-corrected chi connectivity index (χ1v) is 6.73. The number of para-hydroxylation sites is 1. The van der Waals surface area contributed by atoms with Crippen molar-refractivity contribution in [2.24, 2.45) is 7.05 Å². The molecule has 0 aliphatic heterocycles. The molecule has 0 fully saturated rings. The number of carbonyl (C=O) groups is 1. The molecule has 1 amide bonds. The van der Waals surface area contributed by atoms with Gasteiger partial charge < -0.3 is 5.32 Å². The van der Waals surface area contributed by atoms with Gasteiger partial charge in [0, 0.05) is 18.3 Å². The molecule has 5 heteroatoms. The molecule has 106 valence electrons. The zero-order chi connectivity index (χ0) is 15.0. The molecule has 21 heavy (non-hydrogen) atoms. The maximum Gasteiger partial charge on any atom is 0.255 e. The summed E-state index contributed by atoms with van der Waals surface area (Å²) in [5.41, 5.74) is 5.14. The third-order valence-electron chi connectivity index (χ3n) is 3.59. The van der Waals surface area contributed by atoms with E-state index in [1.165, 1.54) is 0 Å². The van der Waals surface area contributed by atoms with Crippen molar-refractivity contribution in [2.45, 2.75) is 13.8 Å². The van der Waals surface area contributed by atoms with Crippen LogP contribution in [-0.4, -0.2) is 20.9 Å². The first-order chi connectivity index (χ1) is 10.1. The molecule has 0 radical (unpaired) electrons. The molecule has 0 atom stereocenters. The van der Waals surface area contributed by atoms with Gasteiger partial charge in [-0.15, -0.1) is 5.10 Å². The first kappa shape index (κ1) is 13.3. The van der Waals surface area contributed by atoms with Gasteiger partial charge in [-0.25, -0.2) is 4.68 Å². The average Bonchev–Trinajstić information content (AvgIpc) is 2.84. The van der Waals surface area contributed by atoms with Gasteiger partial charge in [-0.2, -0.15) is 0 Å². The van der Waals surface area contributed by atoms with Crippen molar-refractivity contribution in [1.82, 2.24) is 15.0 Å². The lowest BCUT2D eigenvalue weighted by atomic mass is 10.1. The van der Waals surface area contributed by atoms with E-state index in [1.807, 2.05) is 45.2 Å². The number of nitrogens with zero attached hydrogens (tertiary/aromatic N) is 3. The quantitative estimate of drug-likeness (QED) is 0.785. The topological polar surface area (TPSA) is 59.8 Å². The van der Waals surface area contributed by atoms with Crippen molar-refractivity contribution in [2.75, 3.05) is 5.32 Å². The van der Waals surface area contributed by atoms with Crippen LogP contribution >= 0.6 is 0 Å². The maximum absolute atomic E-state index is 12.4. The number of hydrogen-bond acceptors (Lipinski definition) is 3. The standard InChI is InChI=1S/C16H16N4O/c1-10-5-4-6-11(2)15(10)17-16(21)12-7-8-14-13(9-12)18-19-20(14)3/h4-9H,1-3H3,(H,17,21). The van der Waals surface area contributed by atoms with Gasteiger partial charge in [0.2, 0.25) is 0 Å². The number of carbonyl (C=O) groups excluding carboxylic acids is 1. The molecular weight excluding hydrogens is 264 g/mol. The Labute approximate surface area is 122 Å². The fraction of sp³-hybridized carbons (Fsp3) is 0.188. The van der Waals surface area contributed by atoms with Gasteiger partial charge in [-0.3, -0.25) is 4.79 Å². The molecule has 0 unspecified atom stereocenters. The van der Waals surface area contributed by atoms with Gasteiger partial charge in [-0.05, 0) is 43.2 Å². The predicted molar refractivity (Wildman–Crippen MR) is 82.4 cm³/mol. The lowest BCUT2D eigenvalue weighted by molar-refractivity contribution is 0.102. The molecule has 0 bridgehead atoms. The van der Waals surface area contributed by atoms with Gasteiger partial charge in [0.05, 0.1) is 5.52 Å². The average molecular weight is 280 g/mol. The van der Waals surface area contributed by atoms with Crippen molar-refractivity contribution in [3.8, 4) is 0 Å². The zero-order valence-electron chi connectivity index (χ0n) is 12.2. The molecule has 0 saturated carbocycles. The van der Waals surface area contributed by atoms with Crippen LogP contribution in [0, 0.1) is 13.8 Å². The van der Waals surface area contributed by atoms with Crippen LogP contribution in [0.5, 0.6) is 0 Å². The van der Waals surface area contributed by atoms with E-state index in [0.717, 1.165) is 22.3 Å². The van der Waals surface area contributed by atoms with Gasteiger partial charge in [0.25, 0.3) is 5.91 Å². The summed E-state index contributed by atoms with van der Waals surface area (Å²) in [5.74, 6) is -0.139. The van der Waals surface area contributed by atoms with Crippen molar-refractivity contribution in [3.05, 3.63) is 53.1 Å². The Morgan fingerprint density at radius 1 is 1.14 bits per heavy atom. The Bertz CT molecular complexity index is 815. The molecular formula is C16H16N4O. The molecule has 3 rings (SSSR count). The largest absolute Gasteiger partial charge is 0.322 e. The minimum absolute atomic E-state index is 0.139. The molecule has 0 aliphatic carbocycles. The van der Waals surface area contributed by atoms with Crippen molar-refractivity contribution in [1.29, 1.82) is 0 Å². The first-order valence-electron chi connectivity index (χ1n) is 6.73. The number of aromatic nitrogens is 3. The Hall–Kier alpha value is -2.69. The molecule has 0 aliphatic rings. The predicted octanol–water partition coefficient (Wildman–Crippen LogP) is 2.84. The van der Waals surface area contributed by atoms with Crippen LogP contribution in [0.1, 0.15) is 21.5 Å². The van der Waals surface area contributed by atoms with Gasteiger partial charge in [-0.1, -0.05) is 23.4 Å². The van der Waals surface area contributed by atoms with Crippen molar-refractivity contribution < 1.29 is 4.79 Å². The number of anilines is 1. The van der Waals surface area contributed by atoms with Crippen LogP contribution in [0.3, 0.4) is 0 Å². The summed E-state index contributed by atoms with van der Waals surface area (Å²) in [4.78, 5) is 12.4. The summed E-state index contributed by atoms with van der Waals surface area (Å²) >= 11 is 0. The second kappa shape index (κ2) is 5.01. The van der Waals surface area contributed by atoms with E-state index in [2.05, 4.69) is 15.6 Å². The Kier molecular flexibility index (Phi) is 3.17. The number of aryl methyl sites for hydroxylation is 3. The van der Waals surface area contributed by atoms with Crippen LogP contribution in [0.4, 0.5) is 5.69 Å². The van der Waals surface area contributed by atoms with Crippen LogP contribution in [-0.2, 0) is 7.05 Å². The molecule has 0 spiro atoms. The second-order valence-corrected chi connectivity index (χ2v) is 5.14. The fourth-order valence-electron chi connectivity index (χ4n) is 2.38. The summed E-state index contributed by atoms with van der Waals surface area (Å²) in [6, 6.07) is 11.3. The lowest BCUT2D eigenvalue weighted by Gasteiger charge is -2.11. The van der Waals surface area contributed by atoms with Gasteiger partial charge in [0.15, 0.2) is 0 Å². The number of nitrogens with one attached hydrogen (secondary N) is 1. The van der Waals surface area contributed by atoms with Gasteiger partial charge >= 0.3 is 0 Å². The van der Waals surface area contributed by atoms with E-state index in [9.17, 15) is 4.79 Å². The number of hydrogen-bond donors (Lipinski definition) is 1. The summed E-state index contributed by atoms with van der Waals surface area (Å²) in [5, 5.41) is 11.0. The van der Waals surface area contributed by atoms with Crippen molar-refractivity contribution in [3.63, 3.8) is 0 Å². The van der Waals surface area contributed by atoms with E-state index in [-0.39, 0.29) is 5.91 Å². The van der Waals surface area contributed by atoms with Crippen molar-refractivity contribution >= 4 is 22.6 Å². The Morgan fingerprint density at radius 2 is 1.86 bits per heavy atom. The minimum atomic E-state index is -0.139. The van der Waals surface area contributed by atoms with Crippen LogP contribution in [0.25, 0.3) is 11.0 Å². The Balaban J connectivity index is 1.93. The highest BCUT2D eigenvalue weighted by Gasteiger charge is 2.11. The monoisotopic (exact) mass is 280 g/mol. The summed E-state index contributed by atoms with van der Waals surface area (Å²) in [7, 11) is 1.83. The fourth-order valence-corrected chi connectivity index (χ4v) is 2.38. The number of amides is 1. The summed E-state index contributed by atoms with van der Waals surface area (Å²) in [6.07, 6.45) is 0. The van der Waals surface area contributed by atoms with E-state index in [1.54, 1.807) is 16.8 Å². The number of fused-ring (bicyclic) bond motifs is 1. The highest BCUT2D eigenvalue weighted by atomic mass is 16.1. The molecule has 0 saturated heterocycles. The highest BCUT2D eigenvalue weighted by molar-refractivity contribution is 6.06. The number of benzene rings is 2. The van der Waals surface area contributed by atoms with Gasteiger partial charge in [0.1, 0.15) is 5.52 Å². The SMILES string of the molecule is Cc1cccc(C)c1NC(=O)c1ccc2c(c1)nnn2C. The third kappa shape index (κ3) is 2.38. The lowest BCUT2D eigenvalue weighted by Crippen LogP contribution is -2.13. The maximum atomic E-state index is 12.4. The zero-order valence-corrected chi connectivity index (χ0v) is 12.2. The number of rotatable bonds is 2. The molecule has 3 aromatic rings. The van der Waals surface area contributed by atoms with E-state index in [0.29, 0.717) is 11.1 Å². The van der Waals surface area contributed by atoms with E-state index in [4.69, 9.17) is 0 Å². The Morgan fingerprint density at radius 3 is 2.57 bits per heavy atom. The third-order valence-corrected chi connectivity index (χ3v) is 3.59. The highest BCUT2D eigenvalue weighted by Crippen LogP contribution is 2.21. The normalized spacial score (nSPS) is 10.8. The molecule has 2 aromatic carbocycles.